The lowest BCUT2D eigenvalue weighted by Crippen LogP contribution is -2.30. The second kappa shape index (κ2) is 15.7. The molecule has 0 radical (unpaired) electrons. The summed E-state index contributed by atoms with van der Waals surface area (Å²) in [4.78, 5) is 50.4. The highest BCUT2D eigenvalue weighted by atomic mass is 19.4. The van der Waals surface area contributed by atoms with Crippen molar-refractivity contribution >= 4 is 28.9 Å². The van der Waals surface area contributed by atoms with Crippen molar-refractivity contribution in [2.75, 3.05) is 31.5 Å². The normalized spacial score (nSPS) is 11.7. The Balaban J connectivity index is 1.75. The standard InChI is InChI=1S/C36H35F5N6O5/c1-5-46(6-2)18-8-17-42-35-44-29(23-15-16-27(48)47(32(23)45-35)30-25(37)9-7-10-26(30)38)28-20(3)11-14-24(31(28)52-34(50)36(39,40)41)33(49)43-19-22-13-12-21(4)51-22/h7,9-16H,5-6,8,17-19H2,1-4H3,(H,43,49)(H,42,44,45). The number of esters is 1. The van der Waals surface area contributed by atoms with E-state index in [2.05, 4.69) is 25.5 Å². The van der Waals surface area contributed by atoms with Crippen LogP contribution in [0.5, 0.6) is 5.75 Å². The van der Waals surface area contributed by atoms with Gasteiger partial charge in [0.1, 0.15) is 28.8 Å². The molecule has 5 rings (SSSR count). The number of nitrogens with zero attached hydrogens (tertiary/aromatic N) is 4. The molecule has 0 atom stereocenters. The number of para-hydroxylation sites is 1. The number of furan rings is 1. The smallest absolute Gasteiger partial charge is 0.465 e. The minimum absolute atomic E-state index is 0.0630. The van der Waals surface area contributed by atoms with Crippen molar-refractivity contribution < 1.29 is 40.7 Å². The molecule has 0 saturated carbocycles. The predicted molar refractivity (Wildman–Crippen MR) is 182 cm³/mol. The highest BCUT2D eigenvalue weighted by molar-refractivity contribution is 6.03. The molecule has 2 N–H and O–H groups in total. The Kier molecular flexibility index (Phi) is 11.4. The maximum absolute atomic E-state index is 15.2. The van der Waals surface area contributed by atoms with Gasteiger partial charge in [0, 0.05) is 23.6 Å². The van der Waals surface area contributed by atoms with Crippen molar-refractivity contribution in [3.63, 3.8) is 0 Å². The van der Waals surface area contributed by atoms with Gasteiger partial charge in [-0.2, -0.15) is 18.2 Å². The number of carbonyl (C=O) groups excluding carboxylic acids is 2. The minimum Gasteiger partial charge on any atom is -0.465 e. The first-order valence-electron chi connectivity index (χ1n) is 16.3. The molecule has 0 bridgehead atoms. The van der Waals surface area contributed by atoms with Crippen LogP contribution in [0.3, 0.4) is 0 Å². The number of fused-ring (bicyclic) bond motifs is 1. The van der Waals surface area contributed by atoms with Crippen LogP contribution in [0.15, 0.2) is 63.8 Å². The molecule has 3 heterocycles. The van der Waals surface area contributed by atoms with Gasteiger partial charge in [0.05, 0.1) is 17.8 Å². The number of amides is 1. The SMILES string of the molecule is CCN(CC)CCCNc1nc(-c2c(C)ccc(C(=O)NCc3ccc(C)o3)c2OC(=O)C(F)(F)F)c2ccc(=O)n(-c3c(F)cccc3F)c2n1. The first kappa shape index (κ1) is 37.6. The molecule has 52 heavy (non-hydrogen) atoms. The molecule has 3 aromatic heterocycles. The summed E-state index contributed by atoms with van der Waals surface area (Å²) in [6.07, 6.45) is -4.87. The number of nitrogens with one attached hydrogen (secondary N) is 2. The first-order valence-corrected chi connectivity index (χ1v) is 16.3. The second-order valence-corrected chi connectivity index (χ2v) is 11.7. The molecular weight excluding hydrogens is 691 g/mol. The van der Waals surface area contributed by atoms with Gasteiger partial charge >= 0.3 is 12.1 Å². The number of anilines is 1. The second-order valence-electron chi connectivity index (χ2n) is 11.7. The highest BCUT2D eigenvalue weighted by Gasteiger charge is 2.42. The van der Waals surface area contributed by atoms with Crippen LogP contribution in [-0.2, 0) is 11.3 Å². The Hall–Kier alpha value is -5.64. The molecular formula is C36H35F5N6O5. The third-order valence-electron chi connectivity index (χ3n) is 8.23. The van der Waals surface area contributed by atoms with Gasteiger partial charge < -0.3 is 24.7 Å². The maximum atomic E-state index is 15.2. The topological polar surface area (TPSA) is 132 Å². The summed E-state index contributed by atoms with van der Waals surface area (Å²) in [5.41, 5.74) is -2.64. The zero-order valence-corrected chi connectivity index (χ0v) is 28.7. The molecule has 0 aliphatic heterocycles. The van der Waals surface area contributed by atoms with Crippen LogP contribution in [0, 0.1) is 25.5 Å². The Morgan fingerprint density at radius 3 is 2.31 bits per heavy atom. The van der Waals surface area contributed by atoms with E-state index >= 15 is 8.78 Å². The monoisotopic (exact) mass is 726 g/mol. The summed E-state index contributed by atoms with van der Waals surface area (Å²) in [5.74, 6) is -5.76. The van der Waals surface area contributed by atoms with Gasteiger partial charge in [-0.15, -0.1) is 0 Å². The summed E-state index contributed by atoms with van der Waals surface area (Å²) in [5, 5.41) is 5.52. The van der Waals surface area contributed by atoms with Crippen molar-refractivity contribution in [2.24, 2.45) is 0 Å². The van der Waals surface area contributed by atoms with Crippen molar-refractivity contribution in [1.82, 2.24) is 24.8 Å². The number of pyridine rings is 1. The number of hydrogen-bond donors (Lipinski definition) is 2. The zero-order chi connectivity index (χ0) is 37.7. The lowest BCUT2D eigenvalue weighted by atomic mass is 9.97. The van der Waals surface area contributed by atoms with Crippen LogP contribution in [0.25, 0.3) is 28.0 Å². The van der Waals surface area contributed by atoms with E-state index in [1.54, 1.807) is 19.1 Å². The van der Waals surface area contributed by atoms with Crippen LogP contribution in [-0.4, -0.2) is 63.7 Å². The molecule has 0 saturated heterocycles. The molecule has 5 aromatic rings. The fourth-order valence-electron chi connectivity index (χ4n) is 5.60. The zero-order valence-electron chi connectivity index (χ0n) is 28.7. The van der Waals surface area contributed by atoms with Gasteiger partial charge in [0.2, 0.25) is 5.95 Å². The molecule has 0 fully saturated rings. The number of alkyl halides is 3. The number of ether oxygens (including phenoxy) is 1. The van der Waals surface area contributed by atoms with Gasteiger partial charge in [-0.1, -0.05) is 26.0 Å². The number of aromatic nitrogens is 3. The molecule has 11 nitrogen and oxygen atoms in total. The van der Waals surface area contributed by atoms with E-state index in [0.29, 0.717) is 29.1 Å². The average molecular weight is 727 g/mol. The van der Waals surface area contributed by atoms with Gasteiger partial charge in [0.25, 0.3) is 11.5 Å². The summed E-state index contributed by atoms with van der Waals surface area (Å²) >= 11 is 0. The molecule has 2 aromatic carbocycles. The minimum atomic E-state index is -5.46. The van der Waals surface area contributed by atoms with Crippen molar-refractivity contribution in [1.29, 1.82) is 0 Å². The number of benzene rings is 2. The Bertz CT molecular complexity index is 2160. The predicted octanol–water partition coefficient (Wildman–Crippen LogP) is 6.48. The quantitative estimate of drug-likeness (QED) is 0.0606. The van der Waals surface area contributed by atoms with E-state index in [1.807, 2.05) is 13.8 Å². The fourth-order valence-corrected chi connectivity index (χ4v) is 5.60. The Morgan fingerprint density at radius 1 is 0.962 bits per heavy atom. The van der Waals surface area contributed by atoms with Crippen molar-refractivity contribution in [2.45, 2.75) is 46.8 Å². The van der Waals surface area contributed by atoms with E-state index in [9.17, 15) is 27.6 Å². The van der Waals surface area contributed by atoms with Crippen molar-refractivity contribution in [3.05, 3.63) is 99.2 Å². The molecule has 0 unspecified atom stereocenters. The summed E-state index contributed by atoms with van der Waals surface area (Å²) in [7, 11) is 0. The molecule has 16 heteroatoms. The summed E-state index contributed by atoms with van der Waals surface area (Å²) in [6.45, 7) is 9.61. The van der Waals surface area contributed by atoms with Crippen molar-refractivity contribution in [3.8, 4) is 22.7 Å². The number of carbonyl (C=O) groups is 2. The average Bonchev–Trinajstić information content (AvgIpc) is 3.52. The number of halogens is 5. The number of rotatable bonds is 13. The van der Waals surface area contributed by atoms with Crippen LogP contribution in [0.2, 0.25) is 0 Å². The van der Waals surface area contributed by atoms with Gasteiger partial charge in [-0.3, -0.25) is 14.2 Å². The van der Waals surface area contributed by atoms with Crippen LogP contribution in [0.1, 0.15) is 47.7 Å². The van der Waals surface area contributed by atoms with Crippen LogP contribution >= 0.6 is 0 Å². The van der Waals surface area contributed by atoms with E-state index < -0.39 is 52.2 Å². The molecule has 274 valence electrons. The number of aryl methyl sites for hydroxylation is 2. The number of hydrogen-bond acceptors (Lipinski definition) is 9. The molecule has 1 amide bonds. The van der Waals surface area contributed by atoms with E-state index in [-0.39, 0.29) is 46.9 Å². The Labute approximate surface area is 294 Å². The maximum Gasteiger partial charge on any atom is 0.491 e. The molecule has 0 aliphatic rings. The van der Waals surface area contributed by atoms with Crippen LogP contribution in [0.4, 0.5) is 27.9 Å². The summed E-state index contributed by atoms with van der Waals surface area (Å²) < 4.78 is 82.6. The highest BCUT2D eigenvalue weighted by Crippen LogP contribution is 2.40. The van der Waals surface area contributed by atoms with Gasteiger partial charge in [0.15, 0.2) is 11.4 Å². The molecule has 0 aliphatic carbocycles. The first-order chi connectivity index (χ1) is 24.7. The van der Waals surface area contributed by atoms with Crippen LogP contribution < -0.4 is 20.9 Å². The van der Waals surface area contributed by atoms with E-state index in [0.717, 1.165) is 37.4 Å². The lowest BCUT2D eigenvalue weighted by molar-refractivity contribution is -0.189. The van der Waals surface area contributed by atoms with Gasteiger partial charge in [-0.25, -0.2) is 18.6 Å². The van der Waals surface area contributed by atoms with E-state index in [1.165, 1.54) is 25.1 Å². The van der Waals surface area contributed by atoms with Gasteiger partial charge in [-0.05, 0) is 81.9 Å². The third kappa shape index (κ3) is 8.12. The largest absolute Gasteiger partial charge is 0.491 e. The molecule has 0 spiro atoms. The summed E-state index contributed by atoms with van der Waals surface area (Å²) in [6, 6.07) is 11.1. The lowest BCUT2D eigenvalue weighted by Gasteiger charge is -2.20. The Morgan fingerprint density at radius 2 is 1.67 bits per heavy atom. The van der Waals surface area contributed by atoms with E-state index in [4.69, 9.17) is 9.15 Å². The third-order valence-corrected chi connectivity index (χ3v) is 8.23. The fraction of sp³-hybridized carbons (Fsp3) is 0.306.